The topological polar surface area (TPSA) is 49.8 Å². The average Bonchev–Trinajstić information content (AvgIpc) is 2.40. The lowest BCUT2D eigenvalue weighted by atomic mass is 10.0. The minimum Gasteiger partial charge on any atom is -0.478 e. The van der Waals surface area contributed by atoms with E-state index < -0.39 is 23.3 Å². The zero-order valence-corrected chi connectivity index (χ0v) is 11.6. The number of carbonyl (C=O) groups is 1. The average molecular weight is 303 g/mol. The fourth-order valence-electron chi connectivity index (χ4n) is 2.39. The minimum absolute atomic E-state index is 0.0713. The normalized spacial score (nSPS) is 23.2. The molecule has 2 atom stereocenters. The van der Waals surface area contributed by atoms with E-state index in [-0.39, 0.29) is 12.1 Å². The molecule has 0 radical (unpaired) electrons. The molecule has 1 N–H and O–H groups in total. The summed E-state index contributed by atoms with van der Waals surface area (Å²) in [5.74, 6) is -1.59. The molecule has 1 fully saturated rings. The van der Waals surface area contributed by atoms with E-state index in [1.807, 2.05) is 13.8 Å². The third kappa shape index (κ3) is 3.29. The van der Waals surface area contributed by atoms with Crippen LogP contribution in [0, 0.1) is 0 Å². The van der Waals surface area contributed by atoms with Gasteiger partial charge in [-0.05, 0) is 32.0 Å². The molecule has 4 nitrogen and oxygen atoms in total. The maximum absolute atomic E-state index is 13.0. The summed E-state index contributed by atoms with van der Waals surface area (Å²) in [6.45, 7) is 4.58. The van der Waals surface area contributed by atoms with Gasteiger partial charge in [0.15, 0.2) is 0 Å². The van der Waals surface area contributed by atoms with Crippen LogP contribution in [0.3, 0.4) is 0 Å². The van der Waals surface area contributed by atoms with Crippen LogP contribution in [-0.4, -0.2) is 36.4 Å². The van der Waals surface area contributed by atoms with Crippen LogP contribution in [-0.2, 0) is 10.9 Å². The molecule has 2 unspecified atom stereocenters. The van der Waals surface area contributed by atoms with Crippen LogP contribution in [0.2, 0.25) is 0 Å². The molecule has 0 aliphatic carbocycles. The quantitative estimate of drug-likeness (QED) is 0.912. The van der Waals surface area contributed by atoms with Crippen molar-refractivity contribution in [3.05, 3.63) is 29.3 Å². The van der Waals surface area contributed by atoms with Gasteiger partial charge >= 0.3 is 12.1 Å². The van der Waals surface area contributed by atoms with E-state index in [2.05, 4.69) is 0 Å². The molecule has 2 rings (SSSR count). The molecule has 1 aliphatic rings. The number of halogens is 3. The molecule has 0 saturated carbocycles. The van der Waals surface area contributed by atoms with Crippen molar-refractivity contribution in [3.8, 4) is 0 Å². The van der Waals surface area contributed by atoms with Gasteiger partial charge in [0, 0.05) is 18.3 Å². The number of aromatic carboxylic acids is 1. The molecule has 0 spiro atoms. The summed E-state index contributed by atoms with van der Waals surface area (Å²) in [6.07, 6.45) is -4.79. The van der Waals surface area contributed by atoms with Crippen molar-refractivity contribution in [2.24, 2.45) is 0 Å². The Labute approximate surface area is 120 Å². The summed E-state index contributed by atoms with van der Waals surface area (Å²) >= 11 is 0. The van der Waals surface area contributed by atoms with Crippen LogP contribution in [0.15, 0.2) is 18.2 Å². The van der Waals surface area contributed by atoms with E-state index in [0.717, 1.165) is 12.1 Å². The molecular weight excluding hydrogens is 287 g/mol. The highest BCUT2D eigenvalue weighted by Crippen LogP contribution is 2.35. The molecule has 1 aromatic rings. The maximum atomic E-state index is 13.0. The summed E-state index contributed by atoms with van der Waals surface area (Å²) in [4.78, 5) is 12.7. The standard InChI is InChI=1S/C14H16F3NO3/c1-8-7-21-9(2)6-18(8)10-3-4-11(13(19)20)12(5-10)14(15,16)17/h3-5,8-9H,6-7H2,1-2H3,(H,19,20). The first-order valence-electron chi connectivity index (χ1n) is 6.53. The van der Waals surface area contributed by atoms with Gasteiger partial charge in [-0.25, -0.2) is 4.79 Å². The molecular formula is C14H16F3NO3. The van der Waals surface area contributed by atoms with Crippen molar-refractivity contribution in [1.82, 2.24) is 0 Å². The molecule has 0 bridgehead atoms. The highest BCUT2D eigenvalue weighted by Gasteiger charge is 2.36. The number of carboxylic acid groups (broad SMARTS) is 1. The molecule has 116 valence electrons. The zero-order valence-electron chi connectivity index (χ0n) is 11.6. The first-order valence-corrected chi connectivity index (χ1v) is 6.53. The first-order chi connectivity index (χ1) is 9.70. The molecule has 1 aliphatic heterocycles. The van der Waals surface area contributed by atoms with Gasteiger partial charge in [0.05, 0.1) is 23.8 Å². The molecule has 7 heteroatoms. The second-order valence-electron chi connectivity index (χ2n) is 5.18. The van der Waals surface area contributed by atoms with Crippen molar-refractivity contribution < 1.29 is 27.8 Å². The number of anilines is 1. The fraction of sp³-hybridized carbons (Fsp3) is 0.500. The lowest BCUT2D eigenvalue weighted by Gasteiger charge is -2.38. The highest BCUT2D eigenvalue weighted by molar-refractivity contribution is 5.90. The van der Waals surface area contributed by atoms with Crippen LogP contribution in [0.4, 0.5) is 18.9 Å². The van der Waals surface area contributed by atoms with Crippen molar-refractivity contribution in [3.63, 3.8) is 0 Å². The molecule has 1 heterocycles. The lowest BCUT2D eigenvalue weighted by Crippen LogP contribution is -2.47. The van der Waals surface area contributed by atoms with E-state index >= 15 is 0 Å². The monoisotopic (exact) mass is 303 g/mol. The predicted octanol–water partition coefficient (Wildman–Crippen LogP) is 3.02. The number of carboxylic acids is 1. The number of hydrogen-bond donors (Lipinski definition) is 1. The predicted molar refractivity (Wildman–Crippen MR) is 70.6 cm³/mol. The number of ether oxygens (including phenoxy) is 1. The molecule has 1 aromatic carbocycles. The lowest BCUT2D eigenvalue weighted by molar-refractivity contribution is -0.138. The van der Waals surface area contributed by atoms with Gasteiger partial charge in [-0.15, -0.1) is 0 Å². The van der Waals surface area contributed by atoms with E-state index in [0.29, 0.717) is 18.8 Å². The summed E-state index contributed by atoms with van der Waals surface area (Å²) in [5, 5.41) is 8.89. The van der Waals surface area contributed by atoms with E-state index in [9.17, 15) is 18.0 Å². The van der Waals surface area contributed by atoms with Crippen LogP contribution in [0.5, 0.6) is 0 Å². The SMILES string of the molecule is CC1CN(c2ccc(C(=O)O)c(C(F)(F)F)c2)C(C)CO1. The van der Waals surface area contributed by atoms with Crippen LogP contribution in [0.1, 0.15) is 29.8 Å². The minimum atomic E-state index is -4.70. The van der Waals surface area contributed by atoms with Crippen LogP contribution < -0.4 is 4.90 Å². The number of morpholine rings is 1. The number of nitrogens with zero attached hydrogens (tertiary/aromatic N) is 1. The third-order valence-electron chi connectivity index (χ3n) is 3.48. The molecule has 0 aromatic heterocycles. The summed E-state index contributed by atoms with van der Waals surface area (Å²) in [5.41, 5.74) is -1.51. The van der Waals surface area contributed by atoms with E-state index in [4.69, 9.17) is 9.84 Å². The smallest absolute Gasteiger partial charge is 0.417 e. The second-order valence-corrected chi connectivity index (χ2v) is 5.18. The Bertz CT molecular complexity index is 545. The first kappa shape index (κ1) is 15.6. The van der Waals surface area contributed by atoms with E-state index in [1.165, 1.54) is 6.07 Å². The largest absolute Gasteiger partial charge is 0.478 e. The van der Waals surface area contributed by atoms with Crippen LogP contribution in [0.25, 0.3) is 0 Å². The van der Waals surface area contributed by atoms with Crippen molar-refractivity contribution in [2.75, 3.05) is 18.1 Å². The molecule has 0 amide bonds. The Morgan fingerprint density at radius 2 is 2.05 bits per heavy atom. The van der Waals surface area contributed by atoms with Crippen molar-refractivity contribution >= 4 is 11.7 Å². The Morgan fingerprint density at radius 1 is 1.38 bits per heavy atom. The highest BCUT2D eigenvalue weighted by atomic mass is 19.4. The zero-order chi connectivity index (χ0) is 15.8. The molecule has 1 saturated heterocycles. The van der Waals surface area contributed by atoms with E-state index in [1.54, 1.807) is 4.90 Å². The number of rotatable bonds is 2. The summed E-state index contributed by atoms with van der Waals surface area (Å²) in [7, 11) is 0. The summed E-state index contributed by atoms with van der Waals surface area (Å²) in [6, 6.07) is 3.25. The fourth-order valence-corrected chi connectivity index (χ4v) is 2.39. The van der Waals surface area contributed by atoms with Gasteiger partial charge in [0.25, 0.3) is 0 Å². The number of hydrogen-bond acceptors (Lipinski definition) is 3. The number of alkyl halides is 3. The van der Waals surface area contributed by atoms with Crippen molar-refractivity contribution in [2.45, 2.75) is 32.2 Å². The van der Waals surface area contributed by atoms with Gasteiger partial charge in [0.2, 0.25) is 0 Å². The summed E-state index contributed by atoms with van der Waals surface area (Å²) < 4.78 is 44.5. The Hall–Kier alpha value is -1.76. The van der Waals surface area contributed by atoms with Gasteiger partial charge in [-0.3, -0.25) is 0 Å². The Kier molecular flexibility index (Phi) is 4.13. The Morgan fingerprint density at radius 3 is 2.62 bits per heavy atom. The van der Waals surface area contributed by atoms with Crippen LogP contribution >= 0.6 is 0 Å². The third-order valence-corrected chi connectivity index (χ3v) is 3.48. The Balaban J connectivity index is 2.44. The molecule has 21 heavy (non-hydrogen) atoms. The van der Waals surface area contributed by atoms with Gasteiger partial charge < -0.3 is 14.7 Å². The van der Waals surface area contributed by atoms with Gasteiger partial charge in [0.1, 0.15) is 0 Å². The second kappa shape index (κ2) is 5.55. The van der Waals surface area contributed by atoms with Gasteiger partial charge in [-0.2, -0.15) is 13.2 Å². The van der Waals surface area contributed by atoms with Crippen molar-refractivity contribution in [1.29, 1.82) is 0 Å². The number of benzene rings is 1. The van der Waals surface area contributed by atoms with Gasteiger partial charge in [-0.1, -0.05) is 0 Å². The maximum Gasteiger partial charge on any atom is 0.417 e.